The van der Waals surface area contributed by atoms with Crippen LogP contribution in [0.25, 0.3) is 33.4 Å². The molecular formula is C25H16FN. The van der Waals surface area contributed by atoms with Crippen molar-refractivity contribution in [3.63, 3.8) is 0 Å². The molecule has 4 aromatic carbocycles. The minimum Gasteiger partial charge on any atom is -0.206 e. The van der Waals surface area contributed by atoms with Crippen molar-refractivity contribution < 1.29 is 4.39 Å². The van der Waals surface area contributed by atoms with Crippen LogP contribution < -0.4 is 0 Å². The van der Waals surface area contributed by atoms with Gasteiger partial charge in [0.2, 0.25) is 0 Å². The zero-order valence-electron chi connectivity index (χ0n) is 14.6. The third-order valence-electron chi connectivity index (χ3n) is 4.61. The average Bonchev–Trinajstić information content (AvgIpc) is 2.75. The maximum atomic E-state index is 15.6. The first-order valence-electron chi connectivity index (χ1n) is 8.72. The van der Waals surface area contributed by atoms with Crippen LogP contribution in [0, 0.1) is 17.1 Å². The number of hydrogen-bond acceptors (Lipinski definition) is 1. The van der Waals surface area contributed by atoms with Gasteiger partial charge in [0, 0.05) is 16.7 Å². The van der Waals surface area contributed by atoms with Gasteiger partial charge < -0.3 is 0 Å². The first-order chi connectivity index (χ1) is 13.3. The van der Waals surface area contributed by atoms with Crippen molar-refractivity contribution >= 4 is 0 Å². The molecule has 0 aliphatic rings. The lowest BCUT2D eigenvalue weighted by Gasteiger charge is -2.16. The summed E-state index contributed by atoms with van der Waals surface area (Å²) in [6, 6.07) is 32.4. The summed E-state index contributed by atoms with van der Waals surface area (Å²) in [7, 11) is 0. The molecule has 0 aliphatic carbocycles. The molecule has 0 amide bonds. The van der Waals surface area contributed by atoms with Crippen molar-refractivity contribution in [2.24, 2.45) is 0 Å². The molecule has 0 bridgehead atoms. The molecule has 0 fully saturated rings. The van der Waals surface area contributed by atoms with E-state index in [9.17, 15) is 5.26 Å². The fourth-order valence-electron chi connectivity index (χ4n) is 3.32. The van der Waals surface area contributed by atoms with E-state index in [1.165, 1.54) is 0 Å². The van der Waals surface area contributed by atoms with Gasteiger partial charge in [0.05, 0.1) is 5.56 Å². The molecule has 0 heterocycles. The highest BCUT2D eigenvalue weighted by molar-refractivity contribution is 5.88. The van der Waals surface area contributed by atoms with Crippen LogP contribution in [0.1, 0.15) is 5.56 Å². The van der Waals surface area contributed by atoms with Crippen LogP contribution in [0.4, 0.5) is 4.39 Å². The first-order valence-corrected chi connectivity index (χ1v) is 8.72. The van der Waals surface area contributed by atoms with Crippen LogP contribution >= 0.6 is 0 Å². The molecule has 0 aromatic heterocycles. The second-order valence-electron chi connectivity index (χ2n) is 6.25. The van der Waals surface area contributed by atoms with E-state index >= 15 is 4.39 Å². The Bertz CT molecular complexity index is 1110. The molecule has 0 radical (unpaired) electrons. The van der Waals surface area contributed by atoms with E-state index in [1.807, 2.05) is 91.0 Å². The van der Waals surface area contributed by atoms with Gasteiger partial charge in [0.1, 0.15) is 11.9 Å². The Morgan fingerprint density at radius 2 is 1.04 bits per heavy atom. The Balaban J connectivity index is 2.10. The van der Waals surface area contributed by atoms with E-state index in [2.05, 4.69) is 6.07 Å². The third kappa shape index (κ3) is 3.12. The lowest BCUT2D eigenvalue weighted by Crippen LogP contribution is -1.98. The Labute approximate surface area is 158 Å². The maximum absolute atomic E-state index is 15.6. The van der Waals surface area contributed by atoms with Crippen LogP contribution in [0.2, 0.25) is 0 Å². The second-order valence-corrected chi connectivity index (χ2v) is 6.25. The summed E-state index contributed by atoms with van der Waals surface area (Å²) in [5.74, 6) is -0.372. The monoisotopic (exact) mass is 349 g/mol. The molecular weight excluding hydrogens is 333 g/mol. The normalized spacial score (nSPS) is 10.4. The van der Waals surface area contributed by atoms with Gasteiger partial charge in [-0.2, -0.15) is 5.26 Å². The van der Waals surface area contributed by atoms with E-state index in [0.29, 0.717) is 22.3 Å². The number of benzene rings is 4. The molecule has 128 valence electrons. The highest BCUT2D eigenvalue weighted by Crippen LogP contribution is 2.39. The predicted octanol–water partition coefficient (Wildman–Crippen LogP) is 6.70. The lowest BCUT2D eigenvalue weighted by atomic mass is 9.87. The summed E-state index contributed by atoms with van der Waals surface area (Å²) < 4.78 is 15.6. The molecule has 0 N–H and O–H groups in total. The molecule has 1 nitrogen and oxygen atoms in total. The largest absolute Gasteiger partial charge is 0.206 e. The van der Waals surface area contributed by atoms with Crippen molar-refractivity contribution in [1.82, 2.24) is 0 Å². The molecule has 4 rings (SSSR count). The fraction of sp³-hybridized carbons (Fsp3) is 0. The number of halogens is 1. The summed E-state index contributed by atoms with van der Waals surface area (Å²) in [4.78, 5) is 0. The van der Waals surface area contributed by atoms with Crippen molar-refractivity contribution in [3.05, 3.63) is 108 Å². The van der Waals surface area contributed by atoms with Crippen LogP contribution in [0.3, 0.4) is 0 Å². The van der Waals surface area contributed by atoms with Gasteiger partial charge in [-0.25, -0.2) is 4.39 Å². The number of hydrogen-bond donors (Lipinski definition) is 0. The Hall–Kier alpha value is -3.70. The van der Waals surface area contributed by atoms with Crippen LogP contribution in [0.15, 0.2) is 97.1 Å². The van der Waals surface area contributed by atoms with Gasteiger partial charge in [-0.15, -0.1) is 0 Å². The van der Waals surface area contributed by atoms with Crippen LogP contribution in [0.5, 0.6) is 0 Å². The fourth-order valence-corrected chi connectivity index (χ4v) is 3.32. The molecule has 27 heavy (non-hydrogen) atoms. The lowest BCUT2D eigenvalue weighted by molar-refractivity contribution is 0.634. The quantitative estimate of drug-likeness (QED) is 0.404. The standard InChI is InChI=1S/C25H16FN/c26-25-22(19-12-6-2-7-13-19)16-21(18-10-4-1-5-11-18)23(17-27)24(25)20-14-8-3-9-15-20/h1-16H. The SMILES string of the molecule is N#Cc1c(-c2ccccc2)cc(-c2ccccc2)c(F)c1-c1ccccc1. The summed E-state index contributed by atoms with van der Waals surface area (Å²) in [5.41, 5.74) is 4.30. The Morgan fingerprint density at radius 3 is 1.52 bits per heavy atom. The van der Waals surface area contributed by atoms with E-state index in [1.54, 1.807) is 6.07 Å². The highest BCUT2D eigenvalue weighted by atomic mass is 19.1. The van der Waals surface area contributed by atoms with E-state index < -0.39 is 0 Å². The Morgan fingerprint density at radius 1 is 0.593 bits per heavy atom. The first kappa shape index (κ1) is 16.8. The van der Waals surface area contributed by atoms with Crippen molar-refractivity contribution in [2.45, 2.75) is 0 Å². The number of nitriles is 1. The van der Waals surface area contributed by atoms with Gasteiger partial charge in [-0.05, 0) is 22.8 Å². The molecule has 0 aliphatic heterocycles. The molecule has 2 heteroatoms. The molecule has 0 saturated heterocycles. The van der Waals surface area contributed by atoms with Gasteiger partial charge >= 0.3 is 0 Å². The average molecular weight is 349 g/mol. The van der Waals surface area contributed by atoms with Crippen molar-refractivity contribution in [3.8, 4) is 39.4 Å². The molecule has 4 aromatic rings. The molecule has 0 atom stereocenters. The highest BCUT2D eigenvalue weighted by Gasteiger charge is 2.21. The van der Waals surface area contributed by atoms with Gasteiger partial charge in [-0.1, -0.05) is 91.0 Å². The summed E-state index contributed by atoms with van der Waals surface area (Å²) in [5, 5.41) is 9.89. The smallest absolute Gasteiger partial charge is 0.140 e. The minimum atomic E-state index is -0.372. The molecule has 0 spiro atoms. The zero-order chi connectivity index (χ0) is 18.6. The van der Waals surface area contributed by atoms with Crippen LogP contribution in [-0.2, 0) is 0 Å². The van der Waals surface area contributed by atoms with E-state index in [4.69, 9.17) is 0 Å². The van der Waals surface area contributed by atoms with E-state index in [0.717, 1.165) is 16.7 Å². The van der Waals surface area contributed by atoms with E-state index in [-0.39, 0.29) is 5.82 Å². The number of nitrogens with zero attached hydrogens (tertiary/aromatic N) is 1. The van der Waals surface area contributed by atoms with Gasteiger partial charge in [0.25, 0.3) is 0 Å². The molecule has 0 saturated carbocycles. The predicted molar refractivity (Wildman–Crippen MR) is 107 cm³/mol. The summed E-state index contributed by atoms with van der Waals surface area (Å²) >= 11 is 0. The van der Waals surface area contributed by atoms with Gasteiger partial charge in [-0.3, -0.25) is 0 Å². The van der Waals surface area contributed by atoms with Crippen molar-refractivity contribution in [1.29, 1.82) is 5.26 Å². The maximum Gasteiger partial charge on any atom is 0.140 e. The Kier molecular flexibility index (Phi) is 4.51. The molecule has 0 unspecified atom stereocenters. The zero-order valence-corrected chi connectivity index (χ0v) is 14.6. The third-order valence-corrected chi connectivity index (χ3v) is 4.61. The van der Waals surface area contributed by atoms with Crippen LogP contribution in [-0.4, -0.2) is 0 Å². The summed E-state index contributed by atoms with van der Waals surface area (Å²) in [6.07, 6.45) is 0. The van der Waals surface area contributed by atoms with Crippen molar-refractivity contribution in [2.75, 3.05) is 0 Å². The summed E-state index contributed by atoms with van der Waals surface area (Å²) in [6.45, 7) is 0. The topological polar surface area (TPSA) is 23.8 Å². The minimum absolute atomic E-state index is 0.346. The second kappa shape index (κ2) is 7.27. The number of rotatable bonds is 3. The van der Waals surface area contributed by atoms with Gasteiger partial charge in [0.15, 0.2) is 0 Å².